The van der Waals surface area contributed by atoms with Crippen LogP contribution in [-0.2, 0) is 16.1 Å². The third kappa shape index (κ3) is 2.76. The SMILES string of the molecule is O=CN1CCOCC1c1ccc(Cn2cnc3ccncc32)cc1. The van der Waals surface area contributed by atoms with Gasteiger partial charge in [0.2, 0.25) is 6.41 Å². The first-order chi connectivity index (χ1) is 11.8. The smallest absolute Gasteiger partial charge is 0.210 e. The number of hydrogen-bond donors (Lipinski definition) is 0. The molecule has 4 rings (SSSR count). The van der Waals surface area contributed by atoms with Crippen LogP contribution in [0.2, 0.25) is 0 Å². The predicted molar refractivity (Wildman–Crippen MR) is 89.4 cm³/mol. The van der Waals surface area contributed by atoms with Gasteiger partial charge in [-0.05, 0) is 17.2 Å². The molecular weight excluding hydrogens is 304 g/mol. The van der Waals surface area contributed by atoms with Gasteiger partial charge in [-0.2, -0.15) is 0 Å². The van der Waals surface area contributed by atoms with Gasteiger partial charge in [-0.1, -0.05) is 24.3 Å². The fraction of sp³-hybridized carbons (Fsp3) is 0.278. The van der Waals surface area contributed by atoms with E-state index in [1.165, 1.54) is 5.56 Å². The largest absolute Gasteiger partial charge is 0.377 e. The van der Waals surface area contributed by atoms with E-state index in [9.17, 15) is 4.79 Å². The quantitative estimate of drug-likeness (QED) is 0.690. The van der Waals surface area contributed by atoms with E-state index in [2.05, 4.69) is 38.8 Å². The standard InChI is InChI=1S/C18H18N4O2/c23-13-21-7-8-24-11-18(21)15-3-1-14(2-4-15)10-22-12-20-16-5-6-19-9-17(16)22/h1-6,9,12-13,18H,7-8,10-11H2. The molecule has 0 radical (unpaired) electrons. The van der Waals surface area contributed by atoms with E-state index in [-0.39, 0.29) is 6.04 Å². The van der Waals surface area contributed by atoms with Crippen molar-refractivity contribution in [3.05, 3.63) is 60.2 Å². The number of hydrogen-bond acceptors (Lipinski definition) is 4. The van der Waals surface area contributed by atoms with Crippen LogP contribution in [0, 0.1) is 0 Å². The number of morpholine rings is 1. The number of imidazole rings is 1. The highest BCUT2D eigenvalue weighted by Gasteiger charge is 2.22. The van der Waals surface area contributed by atoms with E-state index in [1.807, 2.05) is 18.6 Å². The molecule has 6 nitrogen and oxygen atoms in total. The van der Waals surface area contributed by atoms with Gasteiger partial charge in [0.15, 0.2) is 0 Å². The summed E-state index contributed by atoms with van der Waals surface area (Å²) in [5.41, 5.74) is 4.25. The van der Waals surface area contributed by atoms with Crippen molar-refractivity contribution in [2.75, 3.05) is 19.8 Å². The summed E-state index contributed by atoms with van der Waals surface area (Å²) in [6.45, 7) is 2.54. The van der Waals surface area contributed by atoms with Crippen molar-refractivity contribution in [1.82, 2.24) is 19.4 Å². The Morgan fingerprint density at radius 2 is 2.12 bits per heavy atom. The van der Waals surface area contributed by atoms with Gasteiger partial charge < -0.3 is 14.2 Å². The summed E-state index contributed by atoms with van der Waals surface area (Å²) in [6.07, 6.45) is 6.33. The molecule has 6 heteroatoms. The molecule has 0 aliphatic carbocycles. The lowest BCUT2D eigenvalue weighted by atomic mass is 10.0. The van der Waals surface area contributed by atoms with E-state index in [1.54, 1.807) is 11.1 Å². The average molecular weight is 322 g/mol. The average Bonchev–Trinajstić information content (AvgIpc) is 3.05. The molecule has 1 fully saturated rings. The monoisotopic (exact) mass is 322 g/mol. The minimum atomic E-state index is 0.00331. The molecular formula is C18H18N4O2. The Morgan fingerprint density at radius 3 is 2.96 bits per heavy atom. The molecule has 1 saturated heterocycles. The molecule has 1 atom stereocenters. The highest BCUT2D eigenvalue weighted by molar-refractivity contribution is 5.73. The molecule has 1 aliphatic rings. The summed E-state index contributed by atoms with van der Waals surface area (Å²) in [5, 5.41) is 0. The number of carbonyl (C=O) groups excluding carboxylic acids is 1. The number of amides is 1. The molecule has 0 bridgehead atoms. The Morgan fingerprint density at radius 1 is 1.25 bits per heavy atom. The topological polar surface area (TPSA) is 60.2 Å². The highest BCUT2D eigenvalue weighted by atomic mass is 16.5. The molecule has 2 aromatic heterocycles. The summed E-state index contributed by atoms with van der Waals surface area (Å²) < 4.78 is 7.59. The number of ether oxygens (including phenoxy) is 1. The van der Waals surface area contributed by atoms with Gasteiger partial charge in [-0.3, -0.25) is 9.78 Å². The van der Waals surface area contributed by atoms with Gasteiger partial charge in [0.05, 0.1) is 42.8 Å². The summed E-state index contributed by atoms with van der Waals surface area (Å²) >= 11 is 0. The molecule has 0 spiro atoms. The first kappa shape index (κ1) is 14.8. The molecule has 122 valence electrons. The number of fused-ring (bicyclic) bond motifs is 1. The van der Waals surface area contributed by atoms with Crippen molar-refractivity contribution >= 4 is 17.4 Å². The van der Waals surface area contributed by atoms with E-state index < -0.39 is 0 Å². The maximum Gasteiger partial charge on any atom is 0.210 e. The second-order valence-corrected chi connectivity index (χ2v) is 5.91. The van der Waals surface area contributed by atoms with Crippen molar-refractivity contribution in [3.63, 3.8) is 0 Å². The summed E-state index contributed by atoms with van der Waals surface area (Å²) in [6, 6.07) is 10.2. The minimum Gasteiger partial charge on any atom is -0.377 e. The van der Waals surface area contributed by atoms with E-state index in [0.717, 1.165) is 29.6 Å². The first-order valence-corrected chi connectivity index (χ1v) is 7.97. The van der Waals surface area contributed by atoms with Crippen LogP contribution in [-0.4, -0.2) is 45.6 Å². The van der Waals surface area contributed by atoms with Crippen LogP contribution in [0.25, 0.3) is 11.0 Å². The number of carbonyl (C=O) groups is 1. The Balaban J connectivity index is 1.54. The van der Waals surface area contributed by atoms with Crippen LogP contribution in [0.4, 0.5) is 0 Å². The van der Waals surface area contributed by atoms with Gasteiger partial charge in [0, 0.05) is 19.3 Å². The summed E-state index contributed by atoms with van der Waals surface area (Å²) in [4.78, 5) is 21.6. The van der Waals surface area contributed by atoms with E-state index >= 15 is 0 Å². The molecule has 24 heavy (non-hydrogen) atoms. The predicted octanol–water partition coefficient (Wildman–Crippen LogP) is 2.01. The lowest BCUT2D eigenvalue weighted by Gasteiger charge is -2.33. The van der Waals surface area contributed by atoms with Gasteiger partial charge in [-0.15, -0.1) is 0 Å². The zero-order valence-electron chi connectivity index (χ0n) is 13.2. The van der Waals surface area contributed by atoms with Crippen molar-refractivity contribution in [2.24, 2.45) is 0 Å². The van der Waals surface area contributed by atoms with Crippen LogP contribution in [0.15, 0.2) is 49.1 Å². The Kier molecular flexibility index (Phi) is 3.96. The second kappa shape index (κ2) is 6.41. The Hall–Kier alpha value is -2.73. The fourth-order valence-corrected chi connectivity index (χ4v) is 3.10. The van der Waals surface area contributed by atoms with Gasteiger partial charge in [0.1, 0.15) is 0 Å². The maximum atomic E-state index is 11.2. The second-order valence-electron chi connectivity index (χ2n) is 5.91. The molecule has 0 N–H and O–H groups in total. The van der Waals surface area contributed by atoms with Crippen molar-refractivity contribution < 1.29 is 9.53 Å². The van der Waals surface area contributed by atoms with Crippen LogP contribution >= 0.6 is 0 Å². The molecule has 3 aromatic rings. The maximum absolute atomic E-state index is 11.2. The highest BCUT2D eigenvalue weighted by Crippen LogP contribution is 2.23. The molecule has 1 amide bonds. The zero-order chi connectivity index (χ0) is 16.4. The first-order valence-electron chi connectivity index (χ1n) is 7.97. The van der Waals surface area contributed by atoms with Crippen molar-refractivity contribution in [2.45, 2.75) is 12.6 Å². The third-order valence-electron chi connectivity index (χ3n) is 4.45. The van der Waals surface area contributed by atoms with Gasteiger partial charge in [-0.25, -0.2) is 4.98 Å². The Bertz CT molecular complexity index is 844. The molecule has 1 unspecified atom stereocenters. The van der Waals surface area contributed by atoms with Crippen molar-refractivity contribution in [1.29, 1.82) is 0 Å². The van der Waals surface area contributed by atoms with Crippen LogP contribution in [0.5, 0.6) is 0 Å². The zero-order valence-corrected chi connectivity index (χ0v) is 13.2. The van der Waals surface area contributed by atoms with Crippen LogP contribution in [0.3, 0.4) is 0 Å². The molecule has 0 saturated carbocycles. The Labute approximate surface area is 139 Å². The van der Waals surface area contributed by atoms with Gasteiger partial charge in [0.25, 0.3) is 0 Å². The van der Waals surface area contributed by atoms with Crippen LogP contribution in [0.1, 0.15) is 17.2 Å². The fourth-order valence-electron chi connectivity index (χ4n) is 3.10. The number of rotatable bonds is 4. The lowest BCUT2D eigenvalue weighted by molar-refractivity contribution is -0.126. The van der Waals surface area contributed by atoms with E-state index in [0.29, 0.717) is 19.8 Å². The number of nitrogens with zero attached hydrogens (tertiary/aromatic N) is 4. The normalized spacial score (nSPS) is 18.0. The molecule has 1 aromatic carbocycles. The molecule has 3 heterocycles. The lowest BCUT2D eigenvalue weighted by Crippen LogP contribution is -2.38. The number of pyridine rings is 1. The third-order valence-corrected chi connectivity index (χ3v) is 4.45. The van der Waals surface area contributed by atoms with Crippen LogP contribution < -0.4 is 0 Å². The summed E-state index contributed by atoms with van der Waals surface area (Å²) in [5.74, 6) is 0. The number of aromatic nitrogens is 3. The summed E-state index contributed by atoms with van der Waals surface area (Å²) in [7, 11) is 0. The number of benzene rings is 1. The van der Waals surface area contributed by atoms with Crippen molar-refractivity contribution in [3.8, 4) is 0 Å². The van der Waals surface area contributed by atoms with E-state index in [4.69, 9.17) is 4.74 Å². The van der Waals surface area contributed by atoms with Gasteiger partial charge >= 0.3 is 0 Å². The minimum absolute atomic E-state index is 0.00331. The molecule has 1 aliphatic heterocycles.